The second kappa shape index (κ2) is 8.84. The molecule has 0 aliphatic carbocycles. The van der Waals surface area contributed by atoms with Crippen LogP contribution in [-0.4, -0.2) is 18.4 Å². The van der Waals surface area contributed by atoms with Crippen LogP contribution in [-0.2, 0) is 17.6 Å². The molecule has 4 rings (SSSR count). The number of amides is 2. The lowest BCUT2D eigenvalue weighted by atomic mass is 10.0. The minimum absolute atomic E-state index is 0.0373. The highest BCUT2D eigenvalue weighted by molar-refractivity contribution is 7.10. The molecule has 0 radical (unpaired) electrons. The van der Waals surface area contributed by atoms with Crippen molar-refractivity contribution in [3.63, 3.8) is 0 Å². The first-order chi connectivity index (χ1) is 14.6. The Hall–Kier alpha value is -2.92. The maximum absolute atomic E-state index is 13.1. The van der Waals surface area contributed by atoms with Gasteiger partial charge in [0.05, 0.1) is 6.04 Å². The summed E-state index contributed by atoms with van der Waals surface area (Å²) < 4.78 is 0. The van der Waals surface area contributed by atoms with Gasteiger partial charge in [-0.3, -0.25) is 9.59 Å². The van der Waals surface area contributed by atoms with Crippen LogP contribution in [0.4, 0.5) is 5.69 Å². The van der Waals surface area contributed by atoms with Crippen molar-refractivity contribution in [1.82, 2.24) is 5.32 Å². The van der Waals surface area contributed by atoms with Gasteiger partial charge in [0.15, 0.2) is 0 Å². The highest BCUT2D eigenvalue weighted by Gasteiger charge is 2.24. The Morgan fingerprint density at radius 2 is 1.93 bits per heavy atom. The van der Waals surface area contributed by atoms with Crippen LogP contribution >= 0.6 is 11.3 Å². The number of hydrogen-bond donors (Lipinski definition) is 1. The van der Waals surface area contributed by atoms with Crippen LogP contribution in [0.3, 0.4) is 0 Å². The zero-order chi connectivity index (χ0) is 21.1. The Kier molecular flexibility index (Phi) is 6.00. The first-order valence-electron chi connectivity index (χ1n) is 10.4. The molecule has 2 amide bonds. The zero-order valence-electron chi connectivity index (χ0n) is 17.4. The van der Waals surface area contributed by atoms with Gasteiger partial charge >= 0.3 is 0 Å². The van der Waals surface area contributed by atoms with Gasteiger partial charge in [-0.25, -0.2) is 0 Å². The summed E-state index contributed by atoms with van der Waals surface area (Å²) in [5, 5.41) is 5.25. The van der Waals surface area contributed by atoms with Crippen molar-refractivity contribution in [2.75, 3.05) is 11.4 Å². The van der Waals surface area contributed by atoms with Crippen LogP contribution in [0.25, 0.3) is 0 Å². The van der Waals surface area contributed by atoms with Crippen molar-refractivity contribution < 1.29 is 9.59 Å². The minimum Gasteiger partial charge on any atom is -0.340 e. The predicted molar refractivity (Wildman–Crippen MR) is 122 cm³/mol. The van der Waals surface area contributed by atoms with E-state index in [4.69, 9.17) is 0 Å². The smallest absolute Gasteiger partial charge is 0.252 e. The van der Waals surface area contributed by atoms with E-state index in [-0.39, 0.29) is 17.9 Å². The maximum atomic E-state index is 13.1. The quantitative estimate of drug-likeness (QED) is 0.603. The first-order valence-corrected chi connectivity index (χ1v) is 11.3. The largest absolute Gasteiger partial charge is 0.340 e. The number of rotatable bonds is 6. The highest BCUT2D eigenvalue weighted by atomic mass is 32.1. The van der Waals surface area contributed by atoms with Crippen LogP contribution in [0, 0.1) is 0 Å². The van der Waals surface area contributed by atoms with Crippen LogP contribution in [0.1, 0.15) is 58.2 Å². The van der Waals surface area contributed by atoms with E-state index >= 15 is 0 Å². The van der Waals surface area contributed by atoms with Crippen molar-refractivity contribution in [3.8, 4) is 0 Å². The summed E-state index contributed by atoms with van der Waals surface area (Å²) >= 11 is 1.64. The fraction of sp³-hybridized carbons (Fsp3) is 0.280. The summed E-state index contributed by atoms with van der Waals surface area (Å²) in [5.74, 6) is -0.0645. The van der Waals surface area contributed by atoms with E-state index in [2.05, 4.69) is 42.6 Å². The third-order valence-corrected chi connectivity index (χ3v) is 6.51. The Morgan fingerprint density at radius 1 is 1.13 bits per heavy atom. The molecule has 1 aromatic heterocycles. The molecule has 1 unspecified atom stereocenters. The van der Waals surface area contributed by atoms with Gasteiger partial charge in [-0.2, -0.15) is 0 Å². The molecule has 3 aromatic rings. The Labute approximate surface area is 181 Å². The third kappa shape index (κ3) is 4.17. The summed E-state index contributed by atoms with van der Waals surface area (Å²) in [6.45, 7) is 4.43. The summed E-state index contributed by atoms with van der Waals surface area (Å²) in [6, 6.07) is 18.0. The fourth-order valence-corrected chi connectivity index (χ4v) is 4.83. The van der Waals surface area contributed by atoms with Crippen molar-refractivity contribution in [2.24, 2.45) is 0 Å². The Morgan fingerprint density at radius 3 is 2.60 bits per heavy atom. The third-order valence-electron chi connectivity index (χ3n) is 5.57. The van der Waals surface area contributed by atoms with Crippen molar-refractivity contribution in [2.45, 2.75) is 39.2 Å². The van der Waals surface area contributed by atoms with Crippen LogP contribution in [0.2, 0.25) is 0 Å². The first kappa shape index (κ1) is 20.4. The van der Waals surface area contributed by atoms with Gasteiger partial charge < -0.3 is 10.2 Å². The van der Waals surface area contributed by atoms with Gasteiger partial charge in [0.2, 0.25) is 5.91 Å². The molecule has 1 N–H and O–H groups in total. The number of benzene rings is 2. The van der Waals surface area contributed by atoms with E-state index in [1.807, 2.05) is 29.6 Å². The SMILES string of the molecule is CCCc1ccc(C(NC(=O)c2ccc3c(c2)CCN3C(C)=O)c2cccs2)cc1. The molecule has 0 saturated heterocycles. The molecule has 0 spiro atoms. The number of fused-ring (bicyclic) bond motifs is 1. The summed E-state index contributed by atoms with van der Waals surface area (Å²) in [4.78, 5) is 27.8. The lowest BCUT2D eigenvalue weighted by molar-refractivity contribution is -0.116. The summed E-state index contributed by atoms with van der Waals surface area (Å²) in [5.41, 5.74) is 4.99. The van der Waals surface area contributed by atoms with Gasteiger partial charge in [0.1, 0.15) is 0 Å². The monoisotopic (exact) mass is 418 g/mol. The fourth-order valence-electron chi connectivity index (χ4n) is 4.02. The normalized spacial score (nSPS) is 13.7. The lowest BCUT2D eigenvalue weighted by Gasteiger charge is -2.19. The molecule has 154 valence electrons. The Bertz CT molecular complexity index is 1040. The topological polar surface area (TPSA) is 49.4 Å². The van der Waals surface area contributed by atoms with Crippen molar-refractivity contribution in [1.29, 1.82) is 0 Å². The van der Waals surface area contributed by atoms with Crippen LogP contribution in [0.5, 0.6) is 0 Å². The van der Waals surface area contributed by atoms with E-state index < -0.39 is 0 Å². The summed E-state index contributed by atoms with van der Waals surface area (Å²) in [7, 11) is 0. The van der Waals surface area contributed by atoms with Gasteiger partial charge in [-0.15, -0.1) is 11.3 Å². The highest BCUT2D eigenvalue weighted by Crippen LogP contribution is 2.30. The number of thiophene rings is 1. The van der Waals surface area contributed by atoms with Gasteiger partial charge in [-0.1, -0.05) is 43.7 Å². The molecule has 4 nitrogen and oxygen atoms in total. The average molecular weight is 419 g/mol. The van der Waals surface area contributed by atoms with Gasteiger partial charge in [0.25, 0.3) is 5.91 Å². The number of aryl methyl sites for hydroxylation is 1. The molecule has 2 heterocycles. The molecule has 30 heavy (non-hydrogen) atoms. The molecule has 5 heteroatoms. The second-order valence-electron chi connectivity index (χ2n) is 7.68. The molecule has 1 aliphatic rings. The van der Waals surface area contributed by atoms with E-state index in [0.29, 0.717) is 12.1 Å². The van der Waals surface area contributed by atoms with E-state index in [1.54, 1.807) is 23.2 Å². The molecule has 0 fully saturated rings. The molecule has 2 aromatic carbocycles. The number of hydrogen-bond acceptors (Lipinski definition) is 3. The molecular formula is C25H26N2O2S. The van der Waals surface area contributed by atoms with Crippen molar-refractivity contribution >= 4 is 28.8 Å². The minimum atomic E-state index is -0.185. The molecular weight excluding hydrogens is 392 g/mol. The number of nitrogens with one attached hydrogen (secondary N) is 1. The number of carbonyl (C=O) groups is 2. The second-order valence-corrected chi connectivity index (χ2v) is 8.66. The lowest BCUT2D eigenvalue weighted by Crippen LogP contribution is -2.29. The maximum Gasteiger partial charge on any atom is 0.252 e. The van der Waals surface area contributed by atoms with Crippen LogP contribution in [0.15, 0.2) is 60.0 Å². The van der Waals surface area contributed by atoms with Gasteiger partial charge in [-0.05, 0) is 59.2 Å². The zero-order valence-corrected chi connectivity index (χ0v) is 18.2. The molecule has 1 atom stereocenters. The molecule has 0 bridgehead atoms. The number of nitrogens with zero attached hydrogens (tertiary/aromatic N) is 1. The average Bonchev–Trinajstić information content (AvgIpc) is 3.42. The van der Waals surface area contributed by atoms with E-state index in [1.165, 1.54) is 5.56 Å². The standard InChI is InChI=1S/C25H26N2O2S/c1-3-5-18-7-9-19(10-8-18)24(23-6-4-15-30-23)26-25(29)21-11-12-22-20(16-21)13-14-27(22)17(2)28/h4,6-12,15-16,24H,3,5,13-14H2,1-2H3,(H,26,29). The number of carbonyl (C=O) groups excluding carboxylic acids is 2. The van der Waals surface area contributed by atoms with Crippen LogP contribution < -0.4 is 10.2 Å². The van der Waals surface area contributed by atoms with E-state index in [9.17, 15) is 9.59 Å². The predicted octanol–water partition coefficient (Wildman–Crippen LogP) is 5.13. The molecule has 1 aliphatic heterocycles. The number of anilines is 1. The Balaban J connectivity index is 1.58. The molecule has 0 saturated carbocycles. The van der Waals surface area contributed by atoms with Gasteiger partial charge in [0, 0.05) is 29.6 Å². The summed E-state index contributed by atoms with van der Waals surface area (Å²) in [6.07, 6.45) is 2.95. The van der Waals surface area contributed by atoms with E-state index in [0.717, 1.165) is 41.0 Å². The van der Waals surface area contributed by atoms with Crippen molar-refractivity contribution in [3.05, 3.63) is 87.1 Å².